The van der Waals surface area contributed by atoms with E-state index in [1.807, 2.05) is 0 Å². The van der Waals surface area contributed by atoms with Crippen LogP contribution in [-0.2, 0) is 29.9 Å². The van der Waals surface area contributed by atoms with Crippen LogP contribution in [0.1, 0.15) is 49.7 Å². The quantitative estimate of drug-likeness (QED) is 0.563. The summed E-state index contributed by atoms with van der Waals surface area (Å²) in [5.41, 5.74) is 6.19. The molecule has 0 spiro atoms. The molecule has 2 fully saturated rings. The van der Waals surface area contributed by atoms with Gasteiger partial charge in [-0.05, 0) is 80.4 Å². The van der Waals surface area contributed by atoms with Crippen molar-refractivity contribution in [1.82, 2.24) is 14.5 Å². The highest BCUT2D eigenvalue weighted by Crippen LogP contribution is 2.40. The Kier molecular flexibility index (Phi) is 7.46. The molecule has 36 heavy (non-hydrogen) atoms. The second-order valence-corrected chi connectivity index (χ2v) is 11.8. The van der Waals surface area contributed by atoms with E-state index in [1.165, 1.54) is 93.0 Å². The van der Waals surface area contributed by atoms with Gasteiger partial charge in [-0.25, -0.2) is 18.5 Å². The minimum Gasteiger partial charge on any atom is -0.372 e. The number of primary sulfonamides is 1. The number of benzene rings is 2. The van der Waals surface area contributed by atoms with Crippen molar-refractivity contribution in [2.75, 3.05) is 31.1 Å². The Morgan fingerprint density at radius 2 is 1.78 bits per heavy atom. The zero-order chi connectivity index (χ0) is 25.1. The number of rotatable bonds is 5. The van der Waals surface area contributed by atoms with E-state index in [4.69, 9.17) is 5.14 Å². The number of anilines is 1. The first-order valence-corrected chi connectivity index (χ1v) is 14.6. The largest absolute Gasteiger partial charge is 0.372 e. The molecule has 0 radical (unpaired) electrons. The molecule has 0 amide bonds. The van der Waals surface area contributed by atoms with E-state index in [9.17, 15) is 8.42 Å². The number of aryl methyl sites for hydroxylation is 2. The molecule has 1 aliphatic carbocycles. The molecular weight excluding hydrogens is 470 g/mol. The number of fused-ring (bicyclic) bond motifs is 1. The highest BCUT2D eigenvalue weighted by molar-refractivity contribution is 7.89. The average molecular weight is 510 g/mol. The monoisotopic (exact) mass is 509 g/mol. The Morgan fingerprint density at radius 1 is 1.03 bits per heavy atom. The van der Waals surface area contributed by atoms with Crippen LogP contribution in [0, 0.1) is 0 Å². The van der Waals surface area contributed by atoms with Crippen LogP contribution < -0.4 is 10.0 Å². The van der Waals surface area contributed by atoms with Gasteiger partial charge in [-0.15, -0.1) is 0 Å². The molecule has 2 atom stereocenters. The fourth-order valence-electron chi connectivity index (χ4n) is 5.80. The summed E-state index contributed by atoms with van der Waals surface area (Å²) in [6.45, 7) is 5.07. The van der Waals surface area contributed by atoms with Crippen molar-refractivity contribution in [3.05, 3.63) is 77.7 Å². The van der Waals surface area contributed by atoms with E-state index < -0.39 is 10.0 Å². The van der Waals surface area contributed by atoms with Crippen molar-refractivity contribution < 1.29 is 9.84 Å². The Labute approximate surface area is 216 Å². The van der Waals surface area contributed by atoms with Gasteiger partial charge in [0, 0.05) is 45.4 Å². The SMILES string of the molecule is Cn1cnc(S(N)(=O)=O)c1.[HH].c1ccc(C[C@@H]2c3cc(N4CCCC4)ccc3CC[C@@H]2N2CCC2)cc1. The molecule has 2 saturated heterocycles. The van der Waals surface area contributed by atoms with E-state index in [0.717, 1.165) is 6.04 Å². The second kappa shape index (κ2) is 10.7. The van der Waals surface area contributed by atoms with Crippen LogP contribution in [0.4, 0.5) is 5.69 Å². The van der Waals surface area contributed by atoms with Crippen molar-refractivity contribution in [3.63, 3.8) is 0 Å². The summed E-state index contributed by atoms with van der Waals surface area (Å²) in [7, 11) is -1.95. The zero-order valence-corrected chi connectivity index (χ0v) is 21.9. The molecule has 0 saturated carbocycles. The highest BCUT2D eigenvalue weighted by Gasteiger charge is 2.36. The van der Waals surface area contributed by atoms with E-state index >= 15 is 0 Å². The Morgan fingerprint density at radius 3 is 2.36 bits per heavy atom. The van der Waals surface area contributed by atoms with Crippen LogP contribution in [0.5, 0.6) is 0 Å². The number of imidazole rings is 1. The van der Waals surface area contributed by atoms with Gasteiger partial charge < -0.3 is 9.47 Å². The number of likely N-dealkylation sites (tertiary alicyclic amines) is 1. The fourth-order valence-corrected chi connectivity index (χ4v) is 6.31. The molecule has 3 aromatic rings. The molecular formula is C28H39N5O2S. The Balaban J connectivity index is 0.000000248. The molecule has 0 unspecified atom stereocenters. The average Bonchev–Trinajstić information content (AvgIpc) is 3.52. The van der Waals surface area contributed by atoms with Crippen LogP contribution >= 0.6 is 0 Å². The molecule has 8 heteroatoms. The molecule has 2 aromatic carbocycles. The lowest BCUT2D eigenvalue weighted by molar-refractivity contribution is 0.0877. The second-order valence-electron chi connectivity index (χ2n) is 10.3. The van der Waals surface area contributed by atoms with E-state index in [0.29, 0.717) is 5.92 Å². The standard InChI is InChI=1S/C24H30N2.C4H7N3O2S.H2/c1-2-7-19(8-3-1)17-23-22-18-21(25-13-4-5-14-25)11-9-20(22)10-12-24(23)26-15-6-16-26;1-7-2-4(6-3-7)10(5,8)9;/h1-3,7-9,11,18,23-24H,4-6,10,12-17H2;2-3H,1H3,(H2,5,8,9);1H/t23-,24+;;/m1../s1. The van der Waals surface area contributed by atoms with Gasteiger partial charge in [-0.1, -0.05) is 36.4 Å². The van der Waals surface area contributed by atoms with Gasteiger partial charge >= 0.3 is 0 Å². The lowest BCUT2D eigenvalue weighted by Gasteiger charge is -2.45. The van der Waals surface area contributed by atoms with Crippen LogP contribution in [0.25, 0.3) is 0 Å². The number of nitrogens with two attached hydrogens (primary N) is 1. The van der Waals surface area contributed by atoms with Gasteiger partial charge in [0.15, 0.2) is 5.03 Å². The van der Waals surface area contributed by atoms with Gasteiger partial charge in [0.1, 0.15) is 0 Å². The first-order valence-electron chi connectivity index (χ1n) is 13.0. The summed E-state index contributed by atoms with van der Waals surface area (Å²) in [6.07, 6.45) is 10.6. The summed E-state index contributed by atoms with van der Waals surface area (Å²) >= 11 is 0. The van der Waals surface area contributed by atoms with Gasteiger partial charge in [0.25, 0.3) is 10.0 Å². The smallest absolute Gasteiger partial charge is 0.257 e. The van der Waals surface area contributed by atoms with Gasteiger partial charge in [-0.3, -0.25) is 4.90 Å². The molecule has 0 bridgehead atoms. The Hall–Kier alpha value is -2.68. The number of nitrogens with zero attached hydrogens (tertiary/aromatic N) is 4. The summed E-state index contributed by atoms with van der Waals surface area (Å²) in [6, 6.07) is 19.2. The maximum Gasteiger partial charge on any atom is 0.257 e. The van der Waals surface area contributed by atoms with E-state index in [2.05, 4.69) is 63.3 Å². The normalized spacial score (nSPS) is 21.9. The molecule has 2 N–H and O–H groups in total. The molecule has 1 aromatic heterocycles. The topological polar surface area (TPSA) is 84.5 Å². The number of hydrogen-bond donors (Lipinski definition) is 1. The summed E-state index contributed by atoms with van der Waals surface area (Å²) in [5.74, 6) is 0.643. The molecule has 7 nitrogen and oxygen atoms in total. The predicted octanol–water partition coefficient (Wildman–Crippen LogP) is 3.95. The summed E-state index contributed by atoms with van der Waals surface area (Å²) in [5, 5.41) is 4.66. The highest BCUT2D eigenvalue weighted by atomic mass is 32.2. The number of sulfonamides is 1. The number of hydrogen-bond acceptors (Lipinski definition) is 5. The van der Waals surface area contributed by atoms with Crippen LogP contribution in [0.3, 0.4) is 0 Å². The lowest BCUT2D eigenvalue weighted by atomic mass is 9.74. The van der Waals surface area contributed by atoms with E-state index in [1.54, 1.807) is 18.2 Å². The van der Waals surface area contributed by atoms with Crippen LogP contribution in [-0.4, -0.2) is 55.1 Å². The van der Waals surface area contributed by atoms with Crippen molar-refractivity contribution in [2.45, 2.75) is 55.5 Å². The maximum absolute atomic E-state index is 10.5. The van der Waals surface area contributed by atoms with Crippen LogP contribution in [0.2, 0.25) is 0 Å². The molecule has 3 aliphatic rings. The minimum atomic E-state index is -3.61. The summed E-state index contributed by atoms with van der Waals surface area (Å²) in [4.78, 5) is 8.88. The van der Waals surface area contributed by atoms with Gasteiger partial charge in [0.2, 0.25) is 0 Å². The van der Waals surface area contributed by atoms with Crippen molar-refractivity contribution in [2.24, 2.45) is 12.2 Å². The third-order valence-electron chi connectivity index (χ3n) is 7.80. The molecule has 2 aliphatic heterocycles. The lowest BCUT2D eigenvalue weighted by Crippen LogP contribution is -2.49. The summed E-state index contributed by atoms with van der Waals surface area (Å²) < 4.78 is 22.6. The first kappa shape index (κ1) is 25.0. The van der Waals surface area contributed by atoms with E-state index in [-0.39, 0.29) is 6.45 Å². The third kappa shape index (κ3) is 5.66. The predicted molar refractivity (Wildman–Crippen MR) is 146 cm³/mol. The molecule has 6 rings (SSSR count). The third-order valence-corrected chi connectivity index (χ3v) is 8.60. The maximum atomic E-state index is 10.5. The van der Waals surface area contributed by atoms with Crippen LogP contribution in [0.15, 0.2) is 66.1 Å². The van der Waals surface area contributed by atoms with Crippen molar-refractivity contribution >= 4 is 15.7 Å². The van der Waals surface area contributed by atoms with Gasteiger partial charge in [0.05, 0.1) is 6.33 Å². The minimum absolute atomic E-state index is 0. The number of aromatic nitrogens is 2. The molecule has 194 valence electrons. The zero-order valence-electron chi connectivity index (χ0n) is 21.1. The first-order chi connectivity index (χ1) is 17.4. The van der Waals surface area contributed by atoms with Gasteiger partial charge in [-0.2, -0.15) is 0 Å². The Bertz CT molecular complexity index is 1270. The molecule has 3 heterocycles. The van der Waals surface area contributed by atoms with Crippen molar-refractivity contribution in [3.8, 4) is 0 Å². The van der Waals surface area contributed by atoms with Crippen molar-refractivity contribution in [1.29, 1.82) is 0 Å². The fraction of sp³-hybridized carbons (Fsp3) is 0.464.